The van der Waals surface area contributed by atoms with Gasteiger partial charge < -0.3 is 15.1 Å². The van der Waals surface area contributed by atoms with Crippen molar-refractivity contribution in [2.45, 2.75) is 32.7 Å². The molecule has 1 amide bonds. The fraction of sp³-hybridized carbons (Fsp3) is 0.421. The summed E-state index contributed by atoms with van der Waals surface area (Å²) in [5.41, 5.74) is 2.29. The van der Waals surface area contributed by atoms with E-state index < -0.39 is 0 Å². The number of hydrogen-bond donors (Lipinski definition) is 2. The maximum absolute atomic E-state index is 12.4. The van der Waals surface area contributed by atoms with Crippen molar-refractivity contribution in [1.82, 2.24) is 10.6 Å². The van der Waals surface area contributed by atoms with Gasteiger partial charge in [0.15, 0.2) is 5.76 Å². The van der Waals surface area contributed by atoms with Crippen LogP contribution in [-0.4, -0.2) is 25.0 Å². The Labute approximate surface area is 137 Å². The third-order valence-corrected chi connectivity index (χ3v) is 4.58. The van der Waals surface area contributed by atoms with Gasteiger partial charge in [0.25, 0.3) is 5.91 Å². The van der Waals surface area contributed by atoms with Gasteiger partial charge in [0.1, 0.15) is 5.76 Å². The number of aryl methyl sites for hydroxylation is 1. The van der Waals surface area contributed by atoms with Crippen molar-refractivity contribution < 1.29 is 9.21 Å². The summed E-state index contributed by atoms with van der Waals surface area (Å²) in [7, 11) is 0. The van der Waals surface area contributed by atoms with Crippen molar-refractivity contribution in [2.75, 3.05) is 13.1 Å². The van der Waals surface area contributed by atoms with Crippen molar-refractivity contribution in [3.05, 3.63) is 47.7 Å². The third-order valence-electron chi connectivity index (χ3n) is 4.58. The molecule has 0 radical (unpaired) electrons. The molecule has 1 aliphatic rings. The van der Waals surface area contributed by atoms with E-state index in [0.29, 0.717) is 11.7 Å². The number of hydrogen-bond acceptors (Lipinski definition) is 3. The first kappa shape index (κ1) is 15.8. The van der Waals surface area contributed by atoms with Crippen LogP contribution in [-0.2, 0) is 6.42 Å². The number of piperidine rings is 1. The van der Waals surface area contributed by atoms with Crippen LogP contribution in [0.5, 0.6) is 0 Å². The predicted octanol–water partition coefficient (Wildman–Crippen LogP) is 3.24. The summed E-state index contributed by atoms with van der Waals surface area (Å²) in [5, 5.41) is 6.43. The summed E-state index contributed by atoms with van der Waals surface area (Å²) in [6.07, 6.45) is 1.97. The molecule has 0 aliphatic carbocycles. The molecule has 1 aromatic heterocycles. The average Bonchev–Trinajstić information content (AvgIpc) is 3.07. The summed E-state index contributed by atoms with van der Waals surface area (Å²) >= 11 is 0. The SMILES string of the molecule is CCc1ccc(-c2ccc(C(=O)NC3CCNCC3C)o2)cc1. The molecule has 4 heteroatoms. The van der Waals surface area contributed by atoms with E-state index >= 15 is 0 Å². The van der Waals surface area contributed by atoms with Crippen LogP contribution in [0.4, 0.5) is 0 Å². The monoisotopic (exact) mass is 312 g/mol. The third kappa shape index (κ3) is 3.64. The van der Waals surface area contributed by atoms with Gasteiger partial charge in [0, 0.05) is 11.6 Å². The Kier molecular flexibility index (Phi) is 4.82. The molecule has 2 atom stereocenters. The van der Waals surface area contributed by atoms with E-state index in [-0.39, 0.29) is 11.9 Å². The number of nitrogens with one attached hydrogen (secondary N) is 2. The Hall–Kier alpha value is -2.07. The Morgan fingerprint density at radius 1 is 1.26 bits per heavy atom. The van der Waals surface area contributed by atoms with Gasteiger partial charge >= 0.3 is 0 Å². The molecular formula is C19H24N2O2. The summed E-state index contributed by atoms with van der Waals surface area (Å²) in [5.74, 6) is 1.42. The van der Waals surface area contributed by atoms with E-state index in [9.17, 15) is 4.79 Å². The van der Waals surface area contributed by atoms with Gasteiger partial charge in [0.2, 0.25) is 0 Å². The molecule has 0 spiro atoms. The lowest BCUT2D eigenvalue weighted by Gasteiger charge is -2.29. The summed E-state index contributed by atoms with van der Waals surface area (Å²) in [6, 6.07) is 12.1. The first-order valence-electron chi connectivity index (χ1n) is 8.38. The van der Waals surface area contributed by atoms with Crippen molar-refractivity contribution in [2.24, 2.45) is 5.92 Å². The van der Waals surface area contributed by atoms with Gasteiger partial charge in [-0.05, 0) is 49.5 Å². The Bertz CT molecular complexity index is 660. The summed E-state index contributed by atoms with van der Waals surface area (Å²) in [6.45, 7) is 6.17. The lowest BCUT2D eigenvalue weighted by molar-refractivity contribution is 0.0887. The van der Waals surface area contributed by atoms with Crippen molar-refractivity contribution in [3.8, 4) is 11.3 Å². The van der Waals surface area contributed by atoms with E-state index in [0.717, 1.165) is 37.3 Å². The molecule has 1 aliphatic heterocycles. The van der Waals surface area contributed by atoms with Crippen molar-refractivity contribution >= 4 is 5.91 Å². The molecule has 1 saturated heterocycles. The molecule has 23 heavy (non-hydrogen) atoms. The summed E-state index contributed by atoms with van der Waals surface area (Å²) in [4.78, 5) is 12.4. The molecule has 122 valence electrons. The second-order valence-corrected chi connectivity index (χ2v) is 6.26. The highest BCUT2D eigenvalue weighted by molar-refractivity contribution is 5.92. The topological polar surface area (TPSA) is 54.3 Å². The van der Waals surface area contributed by atoms with Crippen LogP contribution in [0.2, 0.25) is 0 Å². The van der Waals surface area contributed by atoms with Gasteiger partial charge in [-0.1, -0.05) is 38.1 Å². The van der Waals surface area contributed by atoms with Crippen LogP contribution in [0.25, 0.3) is 11.3 Å². The Morgan fingerprint density at radius 3 is 2.74 bits per heavy atom. The van der Waals surface area contributed by atoms with Crippen LogP contribution in [0.1, 0.15) is 36.4 Å². The molecule has 4 nitrogen and oxygen atoms in total. The molecule has 1 fully saturated rings. The van der Waals surface area contributed by atoms with Crippen LogP contribution >= 0.6 is 0 Å². The van der Waals surface area contributed by atoms with E-state index in [1.54, 1.807) is 6.07 Å². The van der Waals surface area contributed by atoms with Crippen molar-refractivity contribution in [3.63, 3.8) is 0 Å². The van der Waals surface area contributed by atoms with E-state index in [1.807, 2.05) is 18.2 Å². The van der Waals surface area contributed by atoms with E-state index in [4.69, 9.17) is 4.42 Å². The van der Waals surface area contributed by atoms with Gasteiger partial charge in [-0.3, -0.25) is 4.79 Å². The van der Waals surface area contributed by atoms with E-state index in [2.05, 4.69) is 36.6 Å². The first-order chi connectivity index (χ1) is 11.2. The predicted molar refractivity (Wildman–Crippen MR) is 91.4 cm³/mol. The normalized spacial score (nSPS) is 21.1. The number of benzene rings is 1. The molecule has 0 saturated carbocycles. The second-order valence-electron chi connectivity index (χ2n) is 6.26. The maximum atomic E-state index is 12.4. The molecule has 2 aromatic rings. The molecule has 2 heterocycles. The molecule has 2 N–H and O–H groups in total. The average molecular weight is 312 g/mol. The second kappa shape index (κ2) is 7.01. The van der Waals surface area contributed by atoms with Gasteiger partial charge in [-0.25, -0.2) is 0 Å². The number of carbonyl (C=O) groups is 1. The highest BCUT2D eigenvalue weighted by atomic mass is 16.3. The minimum atomic E-state index is -0.125. The minimum Gasteiger partial charge on any atom is -0.451 e. The lowest BCUT2D eigenvalue weighted by atomic mass is 9.95. The highest BCUT2D eigenvalue weighted by Crippen LogP contribution is 2.23. The Morgan fingerprint density at radius 2 is 2.04 bits per heavy atom. The van der Waals surface area contributed by atoms with Gasteiger partial charge in [-0.2, -0.15) is 0 Å². The molecule has 2 unspecified atom stereocenters. The quantitative estimate of drug-likeness (QED) is 0.911. The lowest BCUT2D eigenvalue weighted by Crippen LogP contribution is -2.48. The molecule has 1 aromatic carbocycles. The number of amides is 1. The zero-order valence-electron chi connectivity index (χ0n) is 13.8. The standard InChI is InChI=1S/C19H24N2O2/c1-3-14-4-6-15(7-5-14)17-8-9-18(23-17)19(22)21-16-10-11-20-12-13(16)2/h4-9,13,16,20H,3,10-12H2,1-2H3,(H,21,22). The number of rotatable bonds is 4. The zero-order valence-corrected chi connectivity index (χ0v) is 13.8. The fourth-order valence-corrected chi connectivity index (χ4v) is 2.99. The highest BCUT2D eigenvalue weighted by Gasteiger charge is 2.24. The summed E-state index contributed by atoms with van der Waals surface area (Å²) < 4.78 is 5.75. The molecule has 0 bridgehead atoms. The largest absolute Gasteiger partial charge is 0.451 e. The minimum absolute atomic E-state index is 0.125. The van der Waals surface area contributed by atoms with Crippen LogP contribution in [0, 0.1) is 5.92 Å². The van der Waals surface area contributed by atoms with Crippen LogP contribution in [0.3, 0.4) is 0 Å². The zero-order chi connectivity index (χ0) is 16.2. The van der Waals surface area contributed by atoms with Gasteiger partial charge in [0.05, 0.1) is 0 Å². The number of furan rings is 1. The number of carbonyl (C=O) groups excluding carboxylic acids is 1. The molecular weight excluding hydrogens is 288 g/mol. The van der Waals surface area contributed by atoms with Crippen LogP contribution < -0.4 is 10.6 Å². The Balaban J connectivity index is 1.69. The van der Waals surface area contributed by atoms with Crippen molar-refractivity contribution in [1.29, 1.82) is 0 Å². The maximum Gasteiger partial charge on any atom is 0.287 e. The van der Waals surface area contributed by atoms with Gasteiger partial charge in [-0.15, -0.1) is 0 Å². The van der Waals surface area contributed by atoms with E-state index in [1.165, 1.54) is 5.56 Å². The fourth-order valence-electron chi connectivity index (χ4n) is 2.99. The van der Waals surface area contributed by atoms with Crippen LogP contribution in [0.15, 0.2) is 40.8 Å². The first-order valence-corrected chi connectivity index (χ1v) is 8.38. The smallest absolute Gasteiger partial charge is 0.287 e. The molecule has 3 rings (SSSR count).